The minimum atomic E-state index is -1.07. The minimum absolute atomic E-state index is 0.140. The molecule has 5 nitrogen and oxygen atoms in total. The van der Waals surface area contributed by atoms with Gasteiger partial charge in [-0.15, -0.1) is 0 Å². The van der Waals surface area contributed by atoms with E-state index in [0.717, 1.165) is 0 Å². The Morgan fingerprint density at radius 3 is 2.22 bits per heavy atom. The van der Waals surface area contributed by atoms with Crippen LogP contribution >= 0.6 is 0 Å². The van der Waals surface area contributed by atoms with Crippen LogP contribution in [0.4, 0.5) is 0 Å². The molecule has 0 spiro atoms. The van der Waals surface area contributed by atoms with Crippen molar-refractivity contribution in [1.29, 1.82) is 0 Å². The molecule has 1 aliphatic heterocycles. The Balaban J connectivity index is 3.29. The zero-order chi connectivity index (χ0) is 14.0. The van der Waals surface area contributed by atoms with Gasteiger partial charge < -0.3 is 10.2 Å². The van der Waals surface area contributed by atoms with Gasteiger partial charge in [-0.25, -0.2) is 4.79 Å². The number of aliphatic carboxylic acids is 2. The minimum Gasteiger partial charge on any atom is -0.481 e. The van der Waals surface area contributed by atoms with E-state index < -0.39 is 23.8 Å². The van der Waals surface area contributed by atoms with Crippen molar-refractivity contribution in [2.75, 3.05) is 0 Å². The van der Waals surface area contributed by atoms with Crippen LogP contribution in [0.1, 0.15) is 34.1 Å². The molecule has 0 saturated carbocycles. The van der Waals surface area contributed by atoms with Gasteiger partial charge in [0.2, 0.25) is 0 Å². The average Bonchev–Trinajstić information content (AvgIpc) is 2.13. The van der Waals surface area contributed by atoms with Gasteiger partial charge in [-0.3, -0.25) is 9.79 Å². The van der Waals surface area contributed by atoms with Gasteiger partial charge in [-0.1, -0.05) is 13.8 Å². The van der Waals surface area contributed by atoms with Crippen molar-refractivity contribution < 1.29 is 19.8 Å². The highest BCUT2D eigenvalue weighted by Gasteiger charge is 2.39. The number of allylic oxidation sites excluding steroid dienone is 1. The fourth-order valence-electron chi connectivity index (χ4n) is 2.55. The van der Waals surface area contributed by atoms with Crippen molar-refractivity contribution in [1.82, 2.24) is 0 Å². The second-order valence-electron chi connectivity index (χ2n) is 5.11. The number of hydrogen-bond donors (Lipinski definition) is 2. The van der Waals surface area contributed by atoms with Crippen LogP contribution in [-0.2, 0) is 9.59 Å². The Morgan fingerprint density at radius 2 is 1.83 bits per heavy atom. The second kappa shape index (κ2) is 5.33. The molecule has 5 heteroatoms. The number of carbonyl (C=O) groups is 2. The first kappa shape index (κ1) is 14.4. The van der Waals surface area contributed by atoms with E-state index in [2.05, 4.69) is 4.99 Å². The summed E-state index contributed by atoms with van der Waals surface area (Å²) in [5, 5.41) is 18.5. The molecular formula is C13H19NO4. The van der Waals surface area contributed by atoms with Crippen LogP contribution in [0.25, 0.3) is 0 Å². The summed E-state index contributed by atoms with van der Waals surface area (Å²) in [5.41, 5.74) is 1.04. The molecule has 0 fully saturated rings. The number of carboxylic acid groups (broad SMARTS) is 2. The Kier molecular flexibility index (Phi) is 4.27. The molecule has 2 N–H and O–H groups in total. The highest BCUT2D eigenvalue weighted by molar-refractivity contribution is 6.04. The molecular weight excluding hydrogens is 234 g/mol. The van der Waals surface area contributed by atoms with Gasteiger partial charge in [-0.05, 0) is 26.2 Å². The lowest BCUT2D eigenvalue weighted by molar-refractivity contribution is -0.141. The summed E-state index contributed by atoms with van der Waals surface area (Å²) < 4.78 is 0. The lowest BCUT2D eigenvalue weighted by Gasteiger charge is -2.30. The van der Waals surface area contributed by atoms with Gasteiger partial charge in [-0.2, -0.15) is 0 Å². The van der Waals surface area contributed by atoms with Crippen molar-refractivity contribution in [2.45, 2.75) is 34.1 Å². The molecule has 0 aromatic rings. The third-order valence-corrected chi connectivity index (χ3v) is 3.18. The highest BCUT2D eigenvalue weighted by Crippen LogP contribution is 2.35. The first-order valence-corrected chi connectivity index (χ1v) is 5.97. The predicted molar refractivity (Wildman–Crippen MR) is 67.5 cm³/mol. The molecule has 1 rings (SSSR count). The molecule has 0 aromatic heterocycles. The molecule has 1 heterocycles. The topological polar surface area (TPSA) is 87.0 Å². The lowest BCUT2D eigenvalue weighted by Crippen LogP contribution is -2.37. The van der Waals surface area contributed by atoms with Crippen molar-refractivity contribution in [2.24, 2.45) is 22.7 Å². The zero-order valence-electron chi connectivity index (χ0n) is 11.1. The van der Waals surface area contributed by atoms with E-state index in [1.807, 2.05) is 13.8 Å². The number of rotatable bonds is 4. The molecule has 0 amide bonds. The molecule has 2 atom stereocenters. The molecule has 18 heavy (non-hydrogen) atoms. The van der Waals surface area contributed by atoms with E-state index in [9.17, 15) is 19.8 Å². The van der Waals surface area contributed by atoms with Crippen molar-refractivity contribution in [3.63, 3.8) is 0 Å². The monoisotopic (exact) mass is 253 g/mol. The smallest absolute Gasteiger partial charge is 0.333 e. The third kappa shape index (κ3) is 2.78. The predicted octanol–water partition coefficient (Wildman–Crippen LogP) is 2.18. The van der Waals surface area contributed by atoms with Gasteiger partial charge >= 0.3 is 11.9 Å². The Bertz CT molecular complexity index is 434. The maximum Gasteiger partial charge on any atom is 0.333 e. The standard InChI is InChI=1S/C13H19NO4/c1-6(2)5-9-10(12(15)16)7(3)14-8(4)11(9)13(17)18/h6,9-10H,5H2,1-4H3,(H,15,16)(H,17,18). The Morgan fingerprint density at radius 1 is 1.28 bits per heavy atom. The van der Waals surface area contributed by atoms with Gasteiger partial charge in [0.1, 0.15) is 5.92 Å². The fraction of sp³-hybridized carbons (Fsp3) is 0.615. The van der Waals surface area contributed by atoms with E-state index in [-0.39, 0.29) is 11.5 Å². The molecule has 2 unspecified atom stereocenters. The Hall–Kier alpha value is -1.65. The number of carboxylic acids is 2. The van der Waals surface area contributed by atoms with Crippen LogP contribution in [-0.4, -0.2) is 27.9 Å². The van der Waals surface area contributed by atoms with Crippen molar-refractivity contribution in [3.8, 4) is 0 Å². The fourth-order valence-corrected chi connectivity index (χ4v) is 2.55. The summed E-state index contributed by atoms with van der Waals surface area (Å²) in [6.07, 6.45) is 0.531. The quantitative estimate of drug-likeness (QED) is 0.803. The molecule has 1 aliphatic rings. The maximum atomic E-state index is 11.3. The van der Waals surface area contributed by atoms with Crippen molar-refractivity contribution >= 4 is 17.7 Å². The molecule has 100 valence electrons. The maximum absolute atomic E-state index is 11.3. The van der Waals surface area contributed by atoms with Crippen LogP contribution in [0.15, 0.2) is 16.3 Å². The van der Waals surface area contributed by atoms with E-state index in [0.29, 0.717) is 17.8 Å². The van der Waals surface area contributed by atoms with Crippen LogP contribution in [0.3, 0.4) is 0 Å². The van der Waals surface area contributed by atoms with Crippen LogP contribution in [0.2, 0.25) is 0 Å². The molecule has 0 aliphatic carbocycles. The molecule has 0 aromatic carbocycles. The van der Waals surface area contributed by atoms with Crippen LogP contribution < -0.4 is 0 Å². The molecule has 0 radical (unpaired) electrons. The van der Waals surface area contributed by atoms with Crippen molar-refractivity contribution in [3.05, 3.63) is 11.3 Å². The first-order valence-electron chi connectivity index (χ1n) is 5.97. The van der Waals surface area contributed by atoms with E-state index >= 15 is 0 Å². The summed E-state index contributed by atoms with van der Waals surface area (Å²) in [7, 11) is 0. The van der Waals surface area contributed by atoms with Gasteiger partial charge in [0.15, 0.2) is 0 Å². The van der Waals surface area contributed by atoms with E-state index in [1.165, 1.54) is 0 Å². The third-order valence-electron chi connectivity index (χ3n) is 3.18. The summed E-state index contributed by atoms with van der Waals surface area (Å²) in [6, 6.07) is 0. The lowest BCUT2D eigenvalue weighted by atomic mass is 9.75. The average molecular weight is 253 g/mol. The summed E-state index contributed by atoms with van der Waals surface area (Å²) in [6.45, 7) is 7.18. The summed E-state index contributed by atoms with van der Waals surface area (Å²) in [4.78, 5) is 26.7. The second-order valence-corrected chi connectivity index (χ2v) is 5.11. The van der Waals surface area contributed by atoms with E-state index in [4.69, 9.17) is 0 Å². The SMILES string of the molecule is CC1=NC(C)=C(C(=O)O)C(CC(C)C)C1C(=O)O. The molecule has 0 bridgehead atoms. The summed E-state index contributed by atoms with van der Waals surface area (Å²) >= 11 is 0. The zero-order valence-corrected chi connectivity index (χ0v) is 11.1. The Labute approximate surface area is 106 Å². The first-order chi connectivity index (χ1) is 8.25. The van der Waals surface area contributed by atoms with Crippen LogP contribution in [0.5, 0.6) is 0 Å². The molecule has 0 saturated heterocycles. The van der Waals surface area contributed by atoms with Gasteiger partial charge in [0.05, 0.1) is 5.57 Å². The van der Waals surface area contributed by atoms with Gasteiger partial charge in [0.25, 0.3) is 0 Å². The normalized spacial score (nSPS) is 24.2. The number of aliphatic imine (C=N–C) groups is 1. The number of hydrogen-bond acceptors (Lipinski definition) is 3. The van der Waals surface area contributed by atoms with Crippen LogP contribution in [0, 0.1) is 17.8 Å². The summed E-state index contributed by atoms with van der Waals surface area (Å²) in [5.74, 6) is -3.18. The van der Waals surface area contributed by atoms with Gasteiger partial charge in [0, 0.05) is 17.3 Å². The number of nitrogens with zero attached hydrogens (tertiary/aromatic N) is 1. The van der Waals surface area contributed by atoms with E-state index in [1.54, 1.807) is 13.8 Å². The highest BCUT2D eigenvalue weighted by atomic mass is 16.4. The largest absolute Gasteiger partial charge is 0.481 e.